The summed E-state index contributed by atoms with van der Waals surface area (Å²) in [4.78, 5) is 53.7. The van der Waals surface area contributed by atoms with Gasteiger partial charge in [0.1, 0.15) is 6.04 Å². The van der Waals surface area contributed by atoms with Crippen LogP contribution in [0.1, 0.15) is 62.9 Å². The number of carbonyl (C=O) groups is 4. The molecule has 182 valence electrons. The average Bonchev–Trinajstić information content (AvgIpc) is 3.17. The lowest BCUT2D eigenvalue weighted by Crippen LogP contribution is -2.52. The Morgan fingerprint density at radius 3 is 2.33 bits per heavy atom. The molecule has 0 aliphatic carbocycles. The Hall–Kier alpha value is -2.94. The maximum Gasteiger partial charge on any atom is 0.255 e. The van der Waals surface area contributed by atoms with Gasteiger partial charge in [-0.25, -0.2) is 0 Å². The molecular formula is C24H36N4O5. The summed E-state index contributed by atoms with van der Waals surface area (Å²) in [6.45, 7) is 10.8. The highest BCUT2D eigenvalue weighted by atomic mass is 16.3. The zero-order valence-corrected chi connectivity index (χ0v) is 20.1. The van der Waals surface area contributed by atoms with Crippen molar-refractivity contribution >= 4 is 29.3 Å². The number of carbonyl (C=O) groups excluding carboxylic acids is 4. The van der Waals surface area contributed by atoms with Crippen LogP contribution in [0.5, 0.6) is 0 Å². The van der Waals surface area contributed by atoms with Crippen LogP contribution in [0.15, 0.2) is 18.2 Å². The van der Waals surface area contributed by atoms with E-state index in [0.717, 1.165) is 11.3 Å². The summed E-state index contributed by atoms with van der Waals surface area (Å²) in [7, 11) is 0. The van der Waals surface area contributed by atoms with Crippen molar-refractivity contribution in [3.05, 3.63) is 29.3 Å². The first-order chi connectivity index (χ1) is 16.0. The summed E-state index contributed by atoms with van der Waals surface area (Å²) in [6, 6.07) is 5.06. The van der Waals surface area contributed by atoms with E-state index >= 15 is 0 Å². The monoisotopic (exact) mass is 460 g/mol. The van der Waals surface area contributed by atoms with Gasteiger partial charge in [-0.2, -0.15) is 0 Å². The topological polar surface area (TPSA) is 110 Å². The minimum absolute atomic E-state index is 0.0356. The van der Waals surface area contributed by atoms with Crippen molar-refractivity contribution in [2.75, 3.05) is 37.7 Å². The fraction of sp³-hybridized carbons (Fsp3) is 0.583. The fourth-order valence-electron chi connectivity index (χ4n) is 4.23. The molecule has 0 saturated carbocycles. The molecule has 4 amide bonds. The zero-order valence-electron chi connectivity index (χ0n) is 20.1. The van der Waals surface area contributed by atoms with Crippen molar-refractivity contribution < 1.29 is 24.3 Å². The first-order valence-corrected chi connectivity index (χ1v) is 11.9. The van der Waals surface area contributed by atoms with E-state index in [0.29, 0.717) is 44.7 Å². The first-order valence-electron chi connectivity index (χ1n) is 11.9. The Labute approximate surface area is 195 Å². The highest BCUT2D eigenvalue weighted by molar-refractivity contribution is 6.05. The predicted molar refractivity (Wildman–Crippen MR) is 126 cm³/mol. The molecule has 3 aliphatic rings. The van der Waals surface area contributed by atoms with Gasteiger partial charge in [-0.1, -0.05) is 27.7 Å². The molecule has 2 fully saturated rings. The Morgan fingerprint density at radius 1 is 1.06 bits per heavy atom. The third kappa shape index (κ3) is 5.90. The molecule has 0 radical (unpaired) electrons. The van der Waals surface area contributed by atoms with Gasteiger partial charge in [-0.3, -0.25) is 24.5 Å². The lowest BCUT2D eigenvalue weighted by molar-refractivity contribution is -0.137. The number of aliphatic hydroxyl groups excluding tert-OH is 1. The van der Waals surface area contributed by atoms with Crippen molar-refractivity contribution in [1.29, 1.82) is 0 Å². The summed E-state index contributed by atoms with van der Waals surface area (Å²) in [5, 5.41) is 11.2. The summed E-state index contributed by atoms with van der Waals surface area (Å²) in [5.74, 6) is -0.923. The van der Waals surface area contributed by atoms with Gasteiger partial charge in [-0.05, 0) is 30.2 Å². The van der Waals surface area contributed by atoms with E-state index in [9.17, 15) is 19.2 Å². The number of anilines is 1. The van der Waals surface area contributed by atoms with Gasteiger partial charge >= 0.3 is 0 Å². The van der Waals surface area contributed by atoms with E-state index in [4.69, 9.17) is 5.11 Å². The Bertz CT molecular complexity index is 864. The zero-order chi connectivity index (χ0) is 24.5. The molecular weight excluding hydrogens is 424 g/mol. The number of fused-ring (bicyclic) bond motifs is 1. The lowest BCUT2D eigenvalue weighted by atomic mass is 10.0. The van der Waals surface area contributed by atoms with Crippen LogP contribution in [0.3, 0.4) is 0 Å². The molecule has 0 spiro atoms. The van der Waals surface area contributed by atoms with Crippen molar-refractivity contribution in [3.63, 3.8) is 0 Å². The van der Waals surface area contributed by atoms with Gasteiger partial charge in [0, 0.05) is 56.8 Å². The molecule has 1 aromatic carbocycles. The number of amides is 4. The SMILES string of the molecule is CC.CC.O=C1CCC(N2Cc3cc(N4CCN(C(=O)CCO)CC4)ccc3C2=O)C(=O)N1. The quantitative estimate of drug-likeness (QED) is 0.660. The number of imide groups is 1. The highest BCUT2D eigenvalue weighted by Crippen LogP contribution is 2.30. The number of nitrogens with one attached hydrogen (secondary N) is 1. The molecule has 9 heteroatoms. The Kier molecular flexibility index (Phi) is 9.84. The van der Waals surface area contributed by atoms with Crippen LogP contribution in [0.4, 0.5) is 5.69 Å². The third-order valence-electron chi connectivity index (χ3n) is 5.83. The van der Waals surface area contributed by atoms with Crippen molar-refractivity contribution in [2.45, 2.75) is 59.5 Å². The van der Waals surface area contributed by atoms with Gasteiger partial charge < -0.3 is 19.8 Å². The molecule has 3 aliphatic heterocycles. The summed E-state index contributed by atoms with van der Waals surface area (Å²) < 4.78 is 0. The molecule has 0 aromatic heterocycles. The van der Waals surface area contributed by atoms with Gasteiger partial charge in [-0.15, -0.1) is 0 Å². The average molecular weight is 461 g/mol. The van der Waals surface area contributed by atoms with Crippen LogP contribution < -0.4 is 10.2 Å². The second-order valence-corrected chi connectivity index (χ2v) is 7.58. The molecule has 4 rings (SSSR count). The van der Waals surface area contributed by atoms with Gasteiger partial charge in [0.25, 0.3) is 5.91 Å². The molecule has 2 saturated heterocycles. The number of nitrogens with zero attached hydrogens (tertiary/aromatic N) is 3. The largest absolute Gasteiger partial charge is 0.396 e. The number of aliphatic hydroxyl groups is 1. The lowest BCUT2D eigenvalue weighted by Gasteiger charge is -2.36. The van der Waals surface area contributed by atoms with E-state index in [-0.39, 0.29) is 37.2 Å². The van der Waals surface area contributed by atoms with Crippen LogP contribution in [-0.2, 0) is 20.9 Å². The molecule has 0 bridgehead atoms. The number of piperidine rings is 1. The van der Waals surface area contributed by atoms with Crippen molar-refractivity contribution in [2.24, 2.45) is 0 Å². The molecule has 1 unspecified atom stereocenters. The number of benzene rings is 1. The number of piperazine rings is 1. The summed E-state index contributed by atoms with van der Waals surface area (Å²) in [5.41, 5.74) is 2.45. The van der Waals surface area contributed by atoms with Crippen LogP contribution in [0.2, 0.25) is 0 Å². The van der Waals surface area contributed by atoms with Crippen LogP contribution >= 0.6 is 0 Å². The molecule has 2 N–H and O–H groups in total. The van der Waals surface area contributed by atoms with E-state index in [2.05, 4.69) is 10.2 Å². The van der Waals surface area contributed by atoms with E-state index in [1.54, 1.807) is 15.9 Å². The Balaban J connectivity index is 0.000000914. The third-order valence-corrected chi connectivity index (χ3v) is 5.83. The highest BCUT2D eigenvalue weighted by Gasteiger charge is 2.39. The Morgan fingerprint density at radius 2 is 1.73 bits per heavy atom. The van der Waals surface area contributed by atoms with Crippen LogP contribution in [-0.4, -0.2) is 77.4 Å². The van der Waals surface area contributed by atoms with Crippen LogP contribution in [0.25, 0.3) is 0 Å². The maximum absolute atomic E-state index is 12.8. The van der Waals surface area contributed by atoms with Gasteiger partial charge in [0.15, 0.2) is 0 Å². The van der Waals surface area contributed by atoms with Crippen molar-refractivity contribution in [3.8, 4) is 0 Å². The van der Waals surface area contributed by atoms with Crippen molar-refractivity contribution in [1.82, 2.24) is 15.1 Å². The number of hydrogen-bond acceptors (Lipinski definition) is 6. The summed E-state index contributed by atoms with van der Waals surface area (Å²) in [6.07, 6.45) is 0.735. The minimum Gasteiger partial charge on any atom is -0.396 e. The second kappa shape index (κ2) is 12.3. The van der Waals surface area contributed by atoms with E-state index in [1.165, 1.54) is 0 Å². The standard InChI is InChI=1S/C20H24N4O5.2C2H6/c25-10-5-18(27)23-8-6-22(7-9-23)14-1-2-15-13(11-14)12-24(20(15)29)16-3-4-17(26)21-19(16)28;2*1-2/h1-2,11,16,25H,3-10,12H2,(H,21,26,28);2*1-2H3. The second-order valence-electron chi connectivity index (χ2n) is 7.58. The molecule has 9 nitrogen and oxygen atoms in total. The van der Waals surface area contributed by atoms with Gasteiger partial charge in [0.05, 0.1) is 6.61 Å². The van der Waals surface area contributed by atoms with E-state index < -0.39 is 11.9 Å². The van der Waals surface area contributed by atoms with Crippen LogP contribution in [0, 0.1) is 0 Å². The predicted octanol–water partition coefficient (Wildman–Crippen LogP) is 1.53. The smallest absolute Gasteiger partial charge is 0.255 e. The number of hydrogen-bond donors (Lipinski definition) is 2. The molecule has 3 heterocycles. The number of rotatable bonds is 4. The normalized spacial score (nSPS) is 19.7. The summed E-state index contributed by atoms with van der Waals surface area (Å²) >= 11 is 0. The molecule has 1 atom stereocenters. The fourth-order valence-corrected chi connectivity index (χ4v) is 4.23. The van der Waals surface area contributed by atoms with Gasteiger partial charge in [0.2, 0.25) is 17.7 Å². The maximum atomic E-state index is 12.8. The first kappa shape index (κ1) is 26.3. The van der Waals surface area contributed by atoms with E-state index in [1.807, 2.05) is 39.8 Å². The molecule has 33 heavy (non-hydrogen) atoms. The molecule has 1 aromatic rings. The minimum atomic E-state index is -0.614.